The standard InChI is InChI=1S/C60H72FNO2/c1-18-23-64-55-36(2)24-46(61)35-50(55)49-33-45(60(15,16)17)34-53(54(49)63)62-51-29-37(39-25-41(56(3,4)5)31-42(26-39)57(6,7)8)19-21-47(51)48-22-20-38(30-52(48)62)40-27-43(58(9,10)11)32-44(28-40)59(12,13)14/h19-22,24-35,63H,18,23H2,1-17H3. The fourth-order valence-electron chi connectivity index (χ4n) is 8.71. The van der Waals surface area contributed by atoms with Gasteiger partial charge in [-0.2, -0.15) is 0 Å². The van der Waals surface area contributed by atoms with E-state index in [0.717, 1.165) is 56.0 Å². The maximum absolute atomic E-state index is 15.5. The number of aromatic nitrogens is 1. The topological polar surface area (TPSA) is 34.4 Å². The Labute approximate surface area is 383 Å². The molecule has 0 radical (unpaired) electrons. The number of ether oxygens (including phenoxy) is 1. The van der Waals surface area contributed by atoms with Crippen molar-refractivity contribution in [3.8, 4) is 50.6 Å². The van der Waals surface area contributed by atoms with Crippen LogP contribution in [0.4, 0.5) is 4.39 Å². The highest BCUT2D eigenvalue weighted by molar-refractivity contribution is 6.11. The number of phenolic OH excluding ortho intramolecular Hbond substituents is 1. The van der Waals surface area contributed by atoms with Gasteiger partial charge in [0, 0.05) is 21.9 Å². The molecule has 0 aliphatic carbocycles. The van der Waals surface area contributed by atoms with E-state index >= 15 is 4.39 Å². The van der Waals surface area contributed by atoms with E-state index in [1.807, 2.05) is 13.0 Å². The number of nitrogens with zero attached hydrogens (tertiary/aromatic N) is 1. The average Bonchev–Trinajstić information content (AvgIpc) is 3.51. The minimum absolute atomic E-state index is 0.0485. The zero-order chi connectivity index (χ0) is 47.1. The summed E-state index contributed by atoms with van der Waals surface area (Å²) < 4.78 is 24.2. The Morgan fingerprint density at radius 2 is 0.891 bits per heavy atom. The van der Waals surface area contributed by atoms with Crippen LogP contribution < -0.4 is 4.74 Å². The van der Waals surface area contributed by atoms with Gasteiger partial charge >= 0.3 is 0 Å². The molecule has 0 bridgehead atoms. The van der Waals surface area contributed by atoms with E-state index in [1.54, 1.807) is 0 Å². The van der Waals surface area contributed by atoms with Gasteiger partial charge in [0.25, 0.3) is 0 Å². The minimum Gasteiger partial charge on any atom is -0.505 e. The lowest BCUT2D eigenvalue weighted by atomic mass is 9.79. The van der Waals surface area contributed by atoms with Crippen molar-refractivity contribution >= 4 is 21.8 Å². The zero-order valence-electron chi connectivity index (χ0n) is 41.8. The number of aryl methyl sites for hydroxylation is 1. The van der Waals surface area contributed by atoms with Crippen LogP contribution in [0, 0.1) is 12.7 Å². The third kappa shape index (κ3) is 9.13. The summed E-state index contributed by atoms with van der Waals surface area (Å²) >= 11 is 0. The van der Waals surface area contributed by atoms with E-state index in [1.165, 1.54) is 34.4 Å². The largest absolute Gasteiger partial charge is 0.505 e. The van der Waals surface area contributed by atoms with Gasteiger partial charge in [-0.15, -0.1) is 0 Å². The van der Waals surface area contributed by atoms with Gasteiger partial charge in [0.1, 0.15) is 17.3 Å². The molecule has 0 aliphatic rings. The number of hydrogen-bond donors (Lipinski definition) is 1. The average molecular weight is 858 g/mol. The highest BCUT2D eigenvalue weighted by Crippen LogP contribution is 2.47. The molecule has 0 atom stereocenters. The lowest BCUT2D eigenvalue weighted by Crippen LogP contribution is -2.16. The molecule has 3 nitrogen and oxygen atoms in total. The van der Waals surface area contributed by atoms with Crippen LogP contribution in [0.25, 0.3) is 60.9 Å². The van der Waals surface area contributed by atoms with Crippen LogP contribution in [0.5, 0.6) is 11.5 Å². The molecule has 1 heterocycles. The van der Waals surface area contributed by atoms with Crippen molar-refractivity contribution in [3.05, 3.63) is 136 Å². The Morgan fingerprint density at radius 1 is 0.484 bits per heavy atom. The fraction of sp³-hybridized carbons (Fsp3) is 0.400. The molecule has 7 aromatic rings. The van der Waals surface area contributed by atoms with Crippen molar-refractivity contribution in [3.63, 3.8) is 0 Å². The van der Waals surface area contributed by atoms with Crippen LogP contribution >= 0.6 is 0 Å². The Kier molecular flexibility index (Phi) is 11.9. The van der Waals surface area contributed by atoms with Crippen molar-refractivity contribution in [2.24, 2.45) is 0 Å². The molecule has 6 aromatic carbocycles. The van der Waals surface area contributed by atoms with Crippen LogP contribution in [-0.2, 0) is 27.1 Å². The van der Waals surface area contributed by atoms with Crippen LogP contribution in [0.15, 0.2) is 97.1 Å². The summed E-state index contributed by atoms with van der Waals surface area (Å²) in [5.74, 6) is 0.288. The predicted molar refractivity (Wildman–Crippen MR) is 273 cm³/mol. The predicted octanol–water partition coefficient (Wildman–Crippen LogP) is 17.2. The maximum Gasteiger partial charge on any atom is 0.147 e. The number of hydrogen-bond acceptors (Lipinski definition) is 2. The van der Waals surface area contributed by atoms with Gasteiger partial charge in [0.15, 0.2) is 0 Å². The summed E-state index contributed by atoms with van der Waals surface area (Å²) in [6, 6.07) is 34.9. The normalized spacial score (nSPS) is 13.0. The van der Waals surface area contributed by atoms with Crippen molar-refractivity contribution < 1.29 is 14.2 Å². The molecule has 0 amide bonds. The van der Waals surface area contributed by atoms with Gasteiger partial charge < -0.3 is 14.4 Å². The van der Waals surface area contributed by atoms with Crippen LogP contribution in [-0.4, -0.2) is 16.3 Å². The van der Waals surface area contributed by atoms with E-state index in [4.69, 9.17) is 4.74 Å². The zero-order valence-corrected chi connectivity index (χ0v) is 41.8. The van der Waals surface area contributed by atoms with E-state index in [-0.39, 0.29) is 38.6 Å². The lowest BCUT2D eigenvalue weighted by Gasteiger charge is -2.26. The second kappa shape index (κ2) is 16.3. The minimum atomic E-state index is -0.371. The number of rotatable bonds is 7. The van der Waals surface area contributed by atoms with Crippen LogP contribution in [0.2, 0.25) is 0 Å². The van der Waals surface area contributed by atoms with Crippen LogP contribution in [0.1, 0.15) is 151 Å². The van der Waals surface area contributed by atoms with E-state index in [2.05, 4.69) is 194 Å². The lowest BCUT2D eigenvalue weighted by molar-refractivity contribution is 0.316. The van der Waals surface area contributed by atoms with Gasteiger partial charge in [0.2, 0.25) is 0 Å². The van der Waals surface area contributed by atoms with E-state index in [0.29, 0.717) is 34.7 Å². The summed E-state index contributed by atoms with van der Waals surface area (Å²) in [4.78, 5) is 0. The third-order valence-electron chi connectivity index (χ3n) is 12.9. The Balaban J connectivity index is 1.63. The SMILES string of the molecule is CCCOc1c(C)cc(F)cc1-c1cc(C(C)(C)C)cc(-n2c3cc(-c4cc(C(C)(C)C)cc(C(C)(C)C)c4)ccc3c3ccc(-c4cc(C(C)(C)C)cc(C(C)(C)C)c4)cc32)c1O. The summed E-state index contributed by atoms with van der Waals surface area (Å²) in [6.07, 6.45) is 0.799. The molecule has 0 aliphatic heterocycles. The molecule has 336 valence electrons. The molecule has 0 saturated carbocycles. The van der Waals surface area contributed by atoms with Crippen molar-refractivity contribution in [2.45, 2.75) is 151 Å². The van der Waals surface area contributed by atoms with E-state index in [9.17, 15) is 5.11 Å². The second-order valence-corrected chi connectivity index (χ2v) is 23.5. The quantitative estimate of drug-likeness (QED) is 0.173. The molecule has 4 heteroatoms. The number of fused-ring (bicyclic) bond motifs is 3. The molecule has 1 aromatic heterocycles. The van der Waals surface area contributed by atoms with E-state index < -0.39 is 0 Å². The molecular weight excluding hydrogens is 786 g/mol. The second-order valence-electron chi connectivity index (χ2n) is 23.5. The number of halogens is 1. The number of phenols is 1. The first kappa shape index (κ1) is 46.6. The first-order valence-electron chi connectivity index (χ1n) is 23.3. The Bertz CT molecular complexity index is 2710. The molecule has 0 spiro atoms. The maximum atomic E-state index is 15.5. The highest BCUT2D eigenvalue weighted by atomic mass is 19.1. The molecule has 7 rings (SSSR count). The highest BCUT2D eigenvalue weighted by Gasteiger charge is 2.28. The molecular formula is C60H72FNO2. The van der Waals surface area contributed by atoms with Crippen LogP contribution in [0.3, 0.4) is 0 Å². The Morgan fingerprint density at radius 3 is 1.28 bits per heavy atom. The summed E-state index contributed by atoms with van der Waals surface area (Å²) in [5.41, 5.74) is 14.6. The van der Waals surface area contributed by atoms with Crippen molar-refractivity contribution in [1.29, 1.82) is 0 Å². The van der Waals surface area contributed by atoms with Gasteiger partial charge in [0.05, 0.1) is 23.3 Å². The monoisotopic (exact) mass is 858 g/mol. The number of benzene rings is 6. The first-order chi connectivity index (χ1) is 29.6. The summed E-state index contributed by atoms with van der Waals surface area (Å²) in [5, 5.41) is 15.1. The van der Waals surface area contributed by atoms with Crippen molar-refractivity contribution in [1.82, 2.24) is 4.57 Å². The fourth-order valence-corrected chi connectivity index (χ4v) is 8.71. The summed E-state index contributed by atoms with van der Waals surface area (Å²) in [6.45, 7) is 38.3. The molecule has 0 fully saturated rings. The third-order valence-corrected chi connectivity index (χ3v) is 12.9. The van der Waals surface area contributed by atoms with Crippen molar-refractivity contribution in [2.75, 3.05) is 6.61 Å². The smallest absolute Gasteiger partial charge is 0.147 e. The first-order valence-corrected chi connectivity index (χ1v) is 23.3. The van der Waals surface area contributed by atoms with Gasteiger partial charge in [-0.1, -0.05) is 171 Å². The molecule has 0 unspecified atom stereocenters. The van der Waals surface area contributed by atoms with Gasteiger partial charge in [-0.05, 0) is 132 Å². The molecule has 64 heavy (non-hydrogen) atoms. The molecule has 1 N–H and O–H groups in total. The summed E-state index contributed by atoms with van der Waals surface area (Å²) in [7, 11) is 0. The molecule has 0 saturated heterocycles. The number of aromatic hydroxyl groups is 1. The Hall–Kier alpha value is -5.35. The van der Waals surface area contributed by atoms with Gasteiger partial charge in [-0.3, -0.25) is 0 Å². The van der Waals surface area contributed by atoms with Gasteiger partial charge in [-0.25, -0.2) is 4.39 Å².